The fraction of sp³-hybridized carbons (Fsp3) is 0.250. The van der Waals surface area contributed by atoms with Crippen LogP contribution >= 0.6 is 27.5 Å². The summed E-state index contributed by atoms with van der Waals surface area (Å²) < 4.78 is 5.84. The molecular weight excluding hydrogens is 448 g/mol. The highest BCUT2D eigenvalue weighted by atomic mass is 79.9. The minimum Gasteiger partial charge on any atom is -0.455 e. The first-order valence-electron chi connectivity index (χ1n) is 8.63. The molecule has 1 atom stereocenters. The fourth-order valence-electron chi connectivity index (χ4n) is 2.95. The van der Waals surface area contributed by atoms with Gasteiger partial charge in [0.1, 0.15) is 0 Å². The lowest BCUT2D eigenvalue weighted by Crippen LogP contribution is -2.28. The third-order valence-corrected chi connectivity index (χ3v) is 5.86. The number of rotatable bonds is 5. The predicted octanol–water partition coefficient (Wildman–Crippen LogP) is 3.95. The monoisotopic (exact) mass is 464 g/mol. The largest absolute Gasteiger partial charge is 0.455 e. The topological polar surface area (TPSA) is 75.7 Å². The molecule has 0 saturated carbocycles. The predicted molar refractivity (Wildman–Crippen MR) is 110 cm³/mol. The van der Waals surface area contributed by atoms with Crippen LogP contribution < -0.4 is 10.2 Å². The van der Waals surface area contributed by atoms with Gasteiger partial charge < -0.3 is 15.0 Å². The molecule has 146 valence electrons. The van der Waals surface area contributed by atoms with Crippen molar-refractivity contribution >= 4 is 56.7 Å². The summed E-state index contributed by atoms with van der Waals surface area (Å²) >= 11 is 9.45. The number of amides is 2. The van der Waals surface area contributed by atoms with Gasteiger partial charge in [-0.3, -0.25) is 14.4 Å². The molecule has 3 rings (SSSR count). The number of benzene rings is 2. The maximum atomic E-state index is 12.3. The van der Waals surface area contributed by atoms with Gasteiger partial charge in [0, 0.05) is 28.8 Å². The SMILES string of the molecule is Cc1c(NC(=O)COC(=O)[C@@H]2CC(=O)N(c3ccccc3)C2)ccc(Br)c1Cl. The normalized spacial score (nSPS) is 16.2. The highest BCUT2D eigenvalue weighted by molar-refractivity contribution is 9.10. The van der Waals surface area contributed by atoms with Crippen molar-refractivity contribution in [3.8, 4) is 0 Å². The molecule has 2 aromatic rings. The summed E-state index contributed by atoms with van der Waals surface area (Å²) in [6.45, 7) is 1.59. The third kappa shape index (κ3) is 4.54. The quantitative estimate of drug-likeness (QED) is 0.679. The van der Waals surface area contributed by atoms with Crippen molar-refractivity contribution in [1.29, 1.82) is 0 Å². The van der Waals surface area contributed by atoms with E-state index in [1.165, 1.54) is 0 Å². The Labute approximate surface area is 175 Å². The van der Waals surface area contributed by atoms with Crippen LogP contribution in [0.2, 0.25) is 5.02 Å². The molecule has 1 aliphatic rings. The Balaban J connectivity index is 1.54. The zero-order chi connectivity index (χ0) is 20.3. The highest BCUT2D eigenvalue weighted by Gasteiger charge is 2.36. The molecule has 8 heteroatoms. The van der Waals surface area contributed by atoms with Gasteiger partial charge in [-0.05, 0) is 52.7 Å². The zero-order valence-corrected chi connectivity index (χ0v) is 17.4. The van der Waals surface area contributed by atoms with Gasteiger partial charge in [-0.1, -0.05) is 29.8 Å². The molecule has 6 nitrogen and oxygen atoms in total. The van der Waals surface area contributed by atoms with Crippen LogP contribution in [0.25, 0.3) is 0 Å². The molecule has 2 amide bonds. The van der Waals surface area contributed by atoms with Crippen LogP contribution in [0.1, 0.15) is 12.0 Å². The first-order chi connectivity index (χ1) is 13.4. The van der Waals surface area contributed by atoms with E-state index in [4.69, 9.17) is 16.3 Å². The van der Waals surface area contributed by atoms with Crippen LogP contribution in [-0.4, -0.2) is 30.9 Å². The van der Waals surface area contributed by atoms with Gasteiger partial charge in [0.15, 0.2) is 6.61 Å². The number of nitrogens with zero attached hydrogens (tertiary/aromatic N) is 1. The van der Waals surface area contributed by atoms with Crippen molar-refractivity contribution in [1.82, 2.24) is 0 Å². The molecule has 0 unspecified atom stereocenters. The fourth-order valence-corrected chi connectivity index (χ4v) is 3.55. The van der Waals surface area contributed by atoms with Gasteiger partial charge in [-0.25, -0.2) is 0 Å². The summed E-state index contributed by atoms with van der Waals surface area (Å²) in [5.74, 6) is -1.77. The number of anilines is 2. The number of halogens is 2. The Bertz CT molecular complexity index is 920. The van der Waals surface area contributed by atoms with E-state index in [1.807, 2.05) is 30.3 Å². The highest BCUT2D eigenvalue weighted by Crippen LogP contribution is 2.31. The second-order valence-corrected chi connectivity index (χ2v) is 7.66. The Morgan fingerprint density at radius 2 is 1.96 bits per heavy atom. The number of ether oxygens (including phenoxy) is 1. The number of hydrogen-bond donors (Lipinski definition) is 1. The van der Waals surface area contributed by atoms with Crippen molar-refractivity contribution in [3.63, 3.8) is 0 Å². The molecule has 1 heterocycles. The maximum Gasteiger partial charge on any atom is 0.311 e. The van der Waals surface area contributed by atoms with E-state index in [9.17, 15) is 14.4 Å². The van der Waals surface area contributed by atoms with Gasteiger partial charge >= 0.3 is 5.97 Å². The average Bonchev–Trinajstić information content (AvgIpc) is 3.09. The van der Waals surface area contributed by atoms with Crippen LogP contribution in [0.3, 0.4) is 0 Å². The molecule has 1 saturated heterocycles. The molecule has 0 spiro atoms. The molecule has 1 N–H and O–H groups in total. The van der Waals surface area contributed by atoms with Gasteiger partial charge in [-0.2, -0.15) is 0 Å². The van der Waals surface area contributed by atoms with Crippen molar-refractivity contribution < 1.29 is 19.1 Å². The molecule has 1 fully saturated rings. The average molecular weight is 466 g/mol. The van der Waals surface area contributed by atoms with Gasteiger partial charge in [0.25, 0.3) is 5.91 Å². The minimum absolute atomic E-state index is 0.0662. The second-order valence-electron chi connectivity index (χ2n) is 6.43. The van der Waals surface area contributed by atoms with Crippen LogP contribution in [0.15, 0.2) is 46.9 Å². The van der Waals surface area contributed by atoms with Crippen molar-refractivity contribution in [3.05, 3.63) is 57.5 Å². The smallest absolute Gasteiger partial charge is 0.311 e. The molecule has 28 heavy (non-hydrogen) atoms. The van der Waals surface area contributed by atoms with E-state index < -0.39 is 24.4 Å². The standard InChI is InChI=1S/C20H18BrClN2O4/c1-12-16(8-7-15(21)19(12)22)23-17(25)11-28-20(27)13-9-18(26)24(10-13)14-5-3-2-4-6-14/h2-8,13H,9-11H2,1H3,(H,23,25)/t13-/m1/s1. The van der Waals surface area contributed by atoms with E-state index >= 15 is 0 Å². The molecule has 0 bridgehead atoms. The van der Waals surface area contributed by atoms with Crippen molar-refractivity contribution in [2.24, 2.45) is 5.92 Å². The molecule has 0 radical (unpaired) electrons. The van der Waals surface area contributed by atoms with E-state index in [0.29, 0.717) is 16.3 Å². The number of esters is 1. The van der Waals surface area contributed by atoms with Crippen molar-refractivity contribution in [2.75, 3.05) is 23.4 Å². The minimum atomic E-state index is -0.593. The Kier molecular flexibility index (Phi) is 6.36. The third-order valence-electron chi connectivity index (χ3n) is 4.49. The number of carbonyl (C=O) groups excluding carboxylic acids is 3. The lowest BCUT2D eigenvalue weighted by atomic mass is 10.1. The van der Waals surface area contributed by atoms with E-state index in [2.05, 4.69) is 21.2 Å². The Hall–Kier alpha value is -2.38. The first kappa shape index (κ1) is 20.4. The lowest BCUT2D eigenvalue weighted by molar-refractivity contribution is -0.151. The number of hydrogen-bond acceptors (Lipinski definition) is 4. The van der Waals surface area contributed by atoms with Crippen molar-refractivity contribution in [2.45, 2.75) is 13.3 Å². The van der Waals surface area contributed by atoms with Crippen LogP contribution in [-0.2, 0) is 19.1 Å². The van der Waals surface area contributed by atoms with Gasteiger partial charge in [0.2, 0.25) is 5.91 Å². The van der Waals surface area contributed by atoms with Crippen LogP contribution in [0, 0.1) is 12.8 Å². The molecular formula is C20H18BrClN2O4. The Morgan fingerprint density at radius 1 is 1.25 bits per heavy atom. The second kappa shape index (κ2) is 8.75. The Morgan fingerprint density at radius 3 is 2.68 bits per heavy atom. The number of nitrogens with one attached hydrogen (secondary N) is 1. The van der Waals surface area contributed by atoms with Gasteiger partial charge in [0.05, 0.1) is 10.9 Å². The maximum absolute atomic E-state index is 12.3. The van der Waals surface area contributed by atoms with Crippen LogP contribution in [0.4, 0.5) is 11.4 Å². The number of para-hydroxylation sites is 1. The summed E-state index contributed by atoms with van der Waals surface area (Å²) in [4.78, 5) is 38.1. The molecule has 2 aromatic carbocycles. The van der Waals surface area contributed by atoms with E-state index in [-0.39, 0.29) is 18.9 Å². The molecule has 0 aromatic heterocycles. The van der Waals surface area contributed by atoms with Crippen LogP contribution in [0.5, 0.6) is 0 Å². The molecule has 1 aliphatic heterocycles. The zero-order valence-electron chi connectivity index (χ0n) is 15.1. The lowest BCUT2D eigenvalue weighted by Gasteiger charge is -2.16. The summed E-state index contributed by atoms with van der Waals surface area (Å²) in [5, 5.41) is 3.17. The van der Waals surface area contributed by atoms with Gasteiger partial charge in [-0.15, -0.1) is 0 Å². The summed E-state index contributed by atoms with van der Waals surface area (Å²) in [6.07, 6.45) is 0.0662. The first-order valence-corrected chi connectivity index (χ1v) is 9.80. The summed E-state index contributed by atoms with van der Waals surface area (Å²) in [6, 6.07) is 12.6. The molecule has 0 aliphatic carbocycles. The number of carbonyl (C=O) groups is 3. The summed E-state index contributed by atoms with van der Waals surface area (Å²) in [7, 11) is 0. The van der Waals surface area contributed by atoms with E-state index in [1.54, 1.807) is 24.0 Å². The summed E-state index contributed by atoms with van der Waals surface area (Å²) in [5.41, 5.74) is 1.99. The van der Waals surface area contributed by atoms with E-state index in [0.717, 1.165) is 10.2 Å².